The van der Waals surface area contributed by atoms with E-state index in [0.717, 1.165) is 33.3 Å². The fraction of sp³-hybridized carbons (Fsp3) is 0.238. The van der Waals surface area contributed by atoms with Crippen molar-refractivity contribution >= 4 is 17.2 Å². The topological polar surface area (TPSA) is 60.5 Å². The Labute approximate surface area is 163 Å². The highest BCUT2D eigenvalue weighted by atomic mass is 32.1. The van der Waals surface area contributed by atoms with E-state index in [1.165, 1.54) is 0 Å². The summed E-state index contributed by atoms with van der Waals surface area (Å²) in [6.07, 6.45) is 1.02. The first-order valence-corrected chi connectivity index (χ1v) is 9.55. The first-order valence-electron chi connectivity index (χ1n) is 8.67. The fourth-order valence-corrected chi connectivity index (χ4v) is 3.52. The molecule has 2 aromatic carbocycles. The number of hydrogen-bond acceptors (Lipinski definition) is 5. The van der Waals surface area contributed by atoms with Gasteiger partial charge < -0.3 is 14.8 Å². The van der Waals surface area contributed by atoms with E-state index < -0.39 is 0 Å². The summed E-state index contributed by atoms with van der Waals surface area (Å²) >= 11 is 1.58. The molecule has 1 aromatic heterocycles. The molecule has 27 heavy (non-hydrogen) atoms. The van der Waals surface area contributed by atoms with Gasteiger partial charge in [-0.05, 0) is 36.8 Å². The van der Waals surface area contributed by atoms with Gasteiger partial charge in [-0.3, -0.25) is 4.79 Å². The van der Waals surface area contributed by atoms with Crippen LogP contribution in [0.1, 0.15) is 17.7 Å². The highest BCUT2D eigenvalue weighted by Crippen LogP contribution is 2.26. The van der Waals surface area contributed by atoms with E-state index in [-0.39, 0.29) is 5.91 Å². The number of carbonyl (C=O) groups is 1. The van der Waals surface area contributed by atoms with Gasteiger partial charge in [-0.15, -0.1) is 11.3 Å². The first-order chi connectivity index (χ1) is 13.2. The lowest BCUT2D eigenvalue weighted by Gasteiger charge is -2.09. The molecular weight excluding hydrogens is 360 g/mol. The van der Waals surface area contributed by atoms with Gasteiger partial charge in [-0.1, -0.05) is 18.2 Å². The number of rotatable bonds is 8. The van der Waals surface area contributed by atoms with Crippen molar-refractivity contribution < 1.29 is 14.3 Å². The van der Waals surface area contributed by atoms with Gasteiger partial charge in [-0.25, -0.2) is 4.98 Å². The summed E-state index contributed by atoms with van der Waals surface area (Å²) in [6.45, 7) is 0.455. The van der Waals surface area contributed by atoms with Gasteiger partial charge in [0.05, 0.1) is 19.9 Å². The predicted molar refractivity (Wildman–Crippen MR) is 107 cm³/mol. The molecule has 1 heterocycles. The standard InChI is InChI=1S/C21H22N2O3S/c1-25-18-10-7-15(8-11-18)21-23-17(14-27-21)9-12-20(24)22-13-16-5-3-4-6-19(16)26-2/h3-8,10-11,14H,9,12-13H2,1-2H3,(H,22,24). The van der Waals surface area contributed by atoms with E-state index >= 15 is 0 Å². The molecule has 3 aromatic rings. The number of thiazole rings is 1. The largest absolute Gasteiger partial charge is 0.497 e. The molecule has 0 atom stereocenters. The Morgan fingerprint density at radius 1 is 1.07 bits per heavy atom. The molecule has 0 saturated carbocycles. The molecule has 0 unspecified atom stereocenters. The maximum absolute atomic E-state index is 12.1. The van der Waals surface area contributed by atoms with Gasteiger partial charge >= 0.3 is 0 Å². The molecule has 5 nitrogen and oxygen atoms in total. The second-order valence-corrected chi connectivity index (χ2v) is 6.82. The number of nitrogens with one attached hydrogen (secondary N) is 1. The minimum absolute atomic E-state index is 0.0000893. The molecule has 0 aliphatic rings. The number of aromatic nitrogens is 1. The maximum Gasteiger partial charge on any atom is 0.220 e. The molecule has 140 valence electrons. The van der Waals surface area contributed by atoms with Crippen LogP contribution in [-0.4, -0.2) is 25.1 Å². The number of methoxy groups -OCH3 is 2. The number of para-hydroxylation sites is 1. The van der Waals surface area contributed by atoms with E-state index in [1.807, 2.05) is 53.9 Å². The monoisotopic (exact) mass is 382 g/mol. The lowest BCUT2D eigenvalue weighted by atomic mass is 10.2. The van der Waals surface area contributed by atoms with Gasteiger partial charge in [0, 0.05) is 29.5 Å². The third kappa shape index (κ3) is 5.08. The molecule has 0 aliphatic carbocycles. The average Bonchev–Trinajstić information content (AvgIpc) is 3.20. The number of hydrogen-bond donors (Lipinski definition) is 1. The normalized spacial score (nSPS) is 10.4. The Balaban J connectivity index is 1.51. The second kappa shape index (κ2) is 9.19. The average molecular weight is 382 g/mol. The van der Waals surface area contributed by atoms with Crippen molar-refractivity contribution in [3.05, 3.63) is 65.2 Å². The van der Waals surface area contributed by atoms with Gasteiger partial charge in [0.1, 0.15) is 16.5 Å². The molecule has 0 fully saturated rings. The van der Waals surface area contributed by atoms with Gasteiger partial charge in [-0.2, -0.15) is 0 Å². The van der Waals surface area contributed by atoms with E-state index in [0.29, 0.717) is 19.4 Å². The van der Waals surface area contributed by atoms with Crippen LogP contribution in [0.15, 0.2) is 53.9 Å². The molecule has 0 aliphatic heterocycles. The van der Waals surface area contributed by atoms with Crippen molar-refractivity contribution in [2.45, 2.75) is 19.4 Å². The Morgan fingerprint density at radius 3 is 2.59 bits per heavy atom. The lowest BCUT2D eigenvalue weighted by Crippen LogP contribution is -2.23. The Bertz CT molecular complexity index is 890. The minimum atomic E-state index is -0.0000893. The van der Waals surface area contributed by atoms with Crippen molar-refractivity contribution in [3.8, 4) is 22.1 Å². The van der Waals surface area contributed by atoms with E-state index in [1.54, 1.807) is 25.6 Å². The summed E-state index contributed by atoms with van der Waals surface area (Å²) in [5, 5.41) is 5.89. The van der Waals surface area contributed by atoms with Crippen LogP contribution in [0, 0.1) is 0 Å². The number of nitrogens with zero attached hydrogens (tertiary/aromatic N) is 1. The summed E-state index contributed by atoms with van der Waals surface area (Å²) in [7, 11) is 3.28. The zero-order valence-electron chi connectivity index (χ0n) is 15.4. The molecule has 0 saturated heterocycles. The molecule has 1 N–H and O–H groups in total. The summed E-state index contributed by atoms with van der Waals surface area (Å²) in [4.78, 5) is 16.8. The minimum Gasteiger partial charge on any atom is -0.497 e. The Kier molecular flexibility index (Phi) is 6.44. The molecular formula is C21H22N2O3S. The van der Waals surface area contributed by atoms with Crippen LogP contribution in [-0.2, 0) is 17.8 Å². The molecule has 3 rings (SSSR count). The molecule has 0 bridgehead atoms. The summed E-state index contributed by atoms with van der Waals surface area (Å²) in [5.41, 5.74) is 2.94. The molecule has 1 amide bonds. The van der Waals surface area contributed by atoms with Crippen LogP contribution >= 0.6 is 11.3 Å². The highest BCUT2D eigenvalue weighted by Gasteiger charge is 2.09. The van der Waals surface area contributed by atoms with Gasteiger partial charge in [0.25, 0.3) is 0 Å². The number of ether oxygens (including phenoxy) is 2. The van der Waals surface area contributed by atoms with Crippen molar-refractivity contribution in [2.75, 3.05) is 14.2 Å². The number of benzene rings is 2. The summed E-state index contributed by atoms with van der Waals surface area (Å²) in [6, 6.07) is 15.5. The summed E-state index contributed by atoms with van der Waals surface area (Å²) in [5.74, 6) is 1.60. The van der Waals surface area contributed by atoms with Crippen molar-refractivity contribution in [1.82, 2.24) is 10.3 Å². The quantitative estimate of drug-likeness (QED) is 0.638. The van der Waals surface area contributed by atoms with Crippen LogP contribution in [0.4, 0.5) is 0 Å². The maximum atomic E-state index is 12.1. The summed E-state index contributed by atoms with van der Waals surface area (Å²) < 4.78 is 10.5. The lowest BCUT2D eigenvalue weighted by molar-refractivity contribution is -0.121. The predicted octanol–water partition coefficient (Wildman–Crippen LogP) is 4.08. The smallest absolute Gasteiger partial charge is 0.220 e. The SMILES string of the molecule is COc1ccc(-c2nc(CCC(=O)NCc3ccccc3OC)cs2)cc1. The van der Waals surface area contributed by atoms with Crippen LogP contribution in [0.25, 0.3) is 10.6 Å². The Morgan fingerprint density at radius 2 is 1.85 bits per heavy atom. The molecule has 0 spiro atoms. The Hall–Kier alpha value is -2.86. The highest BCUT2D eigenvalue weighted by molar-refractivity contribution is 7.13. The van der Waals surface area contributed by atoms with Crippen molar-refractivity contribution in [2.24, 2.45) is 0 Å². The van der Waals surface area contributed by atoms with E-state index in [9.17, 15) is 4.79 Å². The number of aryl methyl sites for hydroxylation is 1. The molecule has 0 radical (unpaired) electrons. The second-order valence-electron chi connectivity index (χ2n) is 5.96. The number of carbonyl (C=O) groups excluding carboxylic acids is 1. The number of amides is 1. The zero-order valence-corrected chi connectivity index (χ0v) is 16.2. The van der Waals surface area contributed by atoms with Crippen LogP contribution in [0.3, 0.4) is 0 Å². The van der Waals surface area contributed by atoms with E-state index in [4.69, 9.17) is 9.47 Å². The first kappa shape index (κ1) is 18.9. The van der Waals surface area contributed by atoms with Crippen LogP contribution in [0.5, 0.6) is 11.5 Å². The van der Waals surface area contributed by atoms with Crippen molar-refractivity contribution in [1.29, 1.82) is 0 Å². The van der Waals surface area contributed by atoms with Gasteiger partial charge in [0.2, 0.25) is 5.91 Å². The third-order valence-corrected chi connectivity index (χ3v) is 5.11. The third-order valence-electron chi connectivity index (χ3n) is 4.17. The molecule has 6 heteroatoms. The van der Waals surface area contributed by atoms with Crippen LogP contribution < -0.4 is 14.8 Å². The van der Waals surface area contributed by atoms with Crippen molar-refractivity contribution in [3.63, 3.8) is 0 Å². The van der Waals surface area contributed by atoms with Gasteiger partial charge in [0.15, 0.2) is 0 Å². The fourth-order valence-electron chi connectivity index (χ4n) is 2.66. The zero-order chi connectivity index (χ0) is 19.1. The van der Waals surface area contributed by atoms with Crippen LogP contribution in [0.2, 0.25) is 0 Å². The van der Waals surface area contributed by atoms with E-state index in [2.05, 4.69) is 10.3 Å².